The summed E-state index contributed by atoms with van der Waals surface area (Å²) in [6.07, 6.45) is 2.42. The van der Waals surface area contributed by atoms with Crippen LogP contribution in [0.1, 0.15) is 4.88 Å². The molecule has 2 aromatic heterocycles. The smallest absolute Gasteiger partial charge is 0.341 e. The molecule has 2 N–H and O–H groups in total. The second-order valence-corrected chi connectivity index (χ2v) is 4.69. The van der Waals surface area contributed by atoms with Crippen LogP contribution in [0.2, 0.25) is 0 Å². The Morgan fingerprint density at radius 1 is 1.47 bits per heavy atom. The number of carboxylic acid groups (broad SMARTS) is 1. The van der Waals surface area contributed by atoms with Crippen molar-refractivity contribution >= 4 is 23.3 Å². The fourth-order valence-electron chi connectivity index (χ4n) is 1.40. The highest BCUT2D eigenvalue weighted by molar-refractivity contribution is 7.09. The third-order valence-electron chi connectivity index (χ3n) is 2.21. The maximum atomic E-state index is 10.4. The lowest BCUT2D eigenvalue weighted by atomic mass is 10.3. The summed E-state index contributed by atoms with van der Waals surface area (Å²) < 4.78 is 4.97. The number of thiophene rings is 1. The van der Waals surface area contributed by atoms with Gasteiger partial charge in [0.05, 0.1) is 0 Å². The van der Waals surface area contributed by atoms with Crippen molar-refractivity contribution in [1.82, 2.24) is 9.97 Å². The average molecular weight is 279 g/mol. The van der Waals surface area contributed by atoms with Gasteiger partial charge < -0.3 is 15.2 Å². The van der Waals surface area contributed by atoms with Crippen LogP contribution >= 0.6 is 11.3 Å². The molecule has 0 unspecified atom stereocenters. The number of carboxylic acids is 1. The molecule has 2 heterocycles. The number of carbonyl (C=O) groups is 1. The van der Waals surface area contributed by atoms with Crippen LogP contribution in [0.15, 0.2) is 29.8 Å². The molecule has 0 radical (unpaired) electrons. The first-order valence-corrected chi connectivity index (χ1v) is 6.56. The summed E-state index contributed by atoms with van der Waals surface area (Å²) in [7, 11) is 0. The molecule has 0 aliphatic heterocycles. The highest BCUT2D eigenvalue weighted by Crippen LogP contribution is 2.11. The summed E-state index contributed by atoms with van der Waals surface area (Å²) in [5.74, 6) is -0.360. The van der Waals surface area contributed by atoms with Crippen molar-refractivity contribution in [3.63, 3.8) is 0 Å². The van der Waals surface area contributed by atoms with Crippen molar-refractivity contribution < 1.29 is 14.6 Å². The first kappa shape index (κ1) is 13.3. The molecule has 19 heavy (non-hydrogen) atoms. The molecule has 0 amide bonds. The number of ether oxygens (including phenoxy) is 1. The molecule has 0 aromatic carbocycles. The largest absolute Gasteiger partial charge is 0.479 e. The van der Waals surface area contributed by atoms with E-state index in [9.17, 15) is 4.79 Å². The van der Waals surface area contributed by atoms with Crippen LogP contribution in [-0.4, -0.2) is 34.2 Å². The van der Waals surface area contributed by atoms with Gasteiger partial charge in [-0.2, -0.15) is 4.98 Å². The van der Waals surface area contributed by atoms with Crippen LogP contribution in [0.4, 0.5) is 5.95 Å². The van der Waals surface area contributed by atoms with Crippen LogP contribution in [0, 0.1) is 0 Å². The molecular formula is C12H13N3O3S. The SMILES string of the molecule is O=C(O)COc1ccnc(NCCc2cccs2)n1. The van der Waals surface area contributed by atoms with Crippen LogP contribution in [0.5, 0.6) is 5.88 Å². The van der Waals surface area contributed by atoms with E-state index < -0.39 is 12.6 Å². The zero-order chi connectivity index (χ0) is 13.5. The third-order valence-corrected chi connectivity index (χ3v) is 3.14. The highest BCUT2D eigenvalue weighted by Gasteiger charge is 2.03. The van der Waals surface area contributed by atoms with E-state index in [0.717, 1.165) is 6.42 Å². The van der Waals surface area contributed by atoms with Crippen molar-refractivity contribution in [2.75, 3.05) is 18.5 Å². The minimum Gasteiger partial charge on any atom is -0.479 e. The number of aliphatic carboxylic acids is 1. The monoisotopic (exact) mass is 279 g/mol. The average Bonchev–Trinajstić information content (AvgIpc) is 2.90. The summed E-state index contributed by atoms with van der Waals surface area (Å²) in [4.78, 5) is 19.8. The molecule has 0 spiro atoms. The van der Waals surface area contributed by atoms with Crippen molar-refractivity contribution in [3.8, 4) is 5.88 Å². The lowest BCUT2D eigenvalue weighted by molar-refractivity contribution is -0.139. The zero-order valence-electron chi connectivity index (χ0n) is 10.1. The number of nitrogens with zero attached hydrogens (tertiary/aromatic N) is 2. The van der Waals surface area contributed by atoms with Gasteiger partial charge in [-0.15, -0.1) is 11.3 Å². The Hall–Kier alpha value is -2.15. The fraction of sp³-hybridized carbons (Fsp3) is 0.250. The minimum absolute atomic E-state index is 0.246. The summed E-state index contributed by atoms with van der Waals surface area (Å²) in [6, 6.07) is 5.60. The van der Waals surface area contributed by atoms with E-state index in [-0.39, 0.29) is 5.88 Å². The van der Waals surface area contributed by atoms with E-state index in [1.54, 1.807) is 11.3 Å². The van der Waals surface area contributed by atoms with E-state index in [4.69, 9.17) is 9.84 Å². The van der Waals surface area contributed by atoms with Gasteiger partial charge in [-0.3, -0.25) is 0 Å². The van der Waals surface area contributed by atoms with Crippen molar-refractivity contribution in [1.29, 1.82) is 0 Å². The number of rotatable bonds is 7. The maximum absolute atomic E-state index is 10.4. The number of aromatic nitrogens is 2. The van der Waals surface area contributed by atoms with Gasteiger partial charge in [0.2, 0.25) is 11.8 Å². The molecule has 2 aromatic rings. The molecule has 0 atom stereocenters. The van der Waals surface area contributed by atoms with Crippen molar-refractivity contribution in [3.05, 3.63) is 34.7 Å². The third kappa shape index (κ3) is 4.55. The van der Waals surface area contributed by atoms with Crippen LogP contribution in [0.3, 0.4) is 0 Å². The fourth-order valence-corrected chi connectivity index (χ4v) is 2.10. The van der Waals surface area contributed by atoms with E-state index in [2.05, 4.69) is 21.4 Å². The van der Waals surface area contributed by atoms with Crippen LogP contribution in [-0.2, 0) is 11.2 Å². The van der Waals surface area contributed by atoms with Crippen molar-refractivity contribution in [2.24, 2.45) is 0 Å². The first-order valence-electron chi connectivity index (χ1n) is 5.68. The van der Waals surface area contributed by atoms with E-state index in [0.29, 0.717) is 12.5 Å². The Morgan fingerprint density at radius 2 is 2.37 bits per heavy atom. The zero-order valence-corrected chi connectivity index (χ0v) is 10.9. The molecule has 2 rings (SSSR count). The Bertz CT molecular complexity index is 531. The Balaban J connectivity index is 1.82. The maximum Gasteiger partial charge on any atom is 0.341 e. The lowest BCUT2D eigenvalue weighted by Crippen LogP contribution is -2.12. The highest BCUT2D eigenvalue weighted by atomic mass is 32.1. The molecule has 6 nitrogen and oxygen atoms in total. The molecule has 100 valence electrons. The van der Waals surface area contributed by atoms with Gasteiger partial charge in [0, 0.05) is 23.7 Å². The van der Waals surface area contributed by atoms with Gasteiger partial charge >= 0.3 is 5.97 Å². The summed E-state index contributed by atoms with van der Waals surface area (Å²) >= 11 is 1.70. The van der Waals surface area contributed by atoms with Gasteiger partial charge in [0.15, 0.2) is 6.61 Å². The number of hydrogen-bond acceptors (Lipinski definition) is 6. The first-order chi connectivity index (χ1) is 9.24. The lowest BCUT2D eigenvalue weighted by Gasteiger charge is -2.06. The van der Waals surface area contributed by atoms with Crippen molar-refractivity contribution in [2.45, 2.75) is 6.42 Å². The minimum atomic E-state index is -1.04. The van der Waals surface area contributed by atoms with Gasteiger partial charge in [0.25, 0.3) is 0 Å². The molecular weight excluding hydrogens is 266 g/mol. The topological polar surface area (TPSA) is 84.3 Å². The Morgan fingerprint density at radius 3 is 3.11 bits per heavy atom. The molecule has 0 aliphatic carbocycles. The number of anilines is 1. The molecule has 0 saturated carbocycles. The summed E-state index contributed by atoms with van der Waals surface area (Å²) in [5.41, 5.74) is 0. The van der Waals surface area contributed by atoms with Gasteiger partial charge in [-0.25, -0.2) is 9.78 Å². The molecule has 7 heteroatoms. The molecule has 0 fully saturated rings. The molecule has 0 saturated heterocycles. The van der Waals surface area contributed by atoms with Crippen LogP contribution < -0.4 is 10.1 Å². The number of hydrogen-bond donors (Lipinski definition) is 2. The summed E-state index contributed by atoms with van der Waals surface area (Å²) in [5, 5.41) is 13.6. The van der Waals surface area contributed by atoms with E-state index in [1.807, 2.05) is 11.4 Å². The van der Waals surface area contributed by atoms with E-state index >= 15 is 0 Å². The van der Waals surface area contributed by atoms with Gasteiger partial charge in [0.1, 0.15) is 0 Å². The van der Waals surface area contributed by atoms with E-state index in [1.165, 1.54) is 17.1 Å². The quantitative estimate of drug-likeness (QED) is 0.801. The molecule has 0 aliphatic rings. The van der Waals surface area contributed by atoms with Gasteiger partial charge in [-0.1, -0.05) is 6.07 Å². The Labute approximate surface area is 114 Å². The van der Waals surface area contributed by atoms with Gasteiger partial charge in [-0.05, 0) is 17.9 Å². The number of nitrogens with one attached hydrogen (secondary N) is 1. The predicted molar refractivity (Wildman–Crippen MR) is 71.7 cm³/mol. The summed E-state index contributed by atoms with van der Waals surface area (Å²) in [6.45, 7) is 0.300. The predicted octanol–water partition coefficient (Wildman–Crippen LogP) is 1.66. The normalized spacial score (nSPS) is 10.1. The molecule has 0 bridgehead atoms. The Kier molecular flexibility index (Phi) is 4.68. The second kappa shape index (κ2) is 6.69. The second-order valence-electron chi connectivity index (χ2n) is 3.66. The van der Waals surface area contributed by atoms with Crippen LogP contribution in [0.25, 0.3) is 0 Å². The standard InChI is InChI=1S/C12H13N3O3S/c16-11(17)8-18-10-4-6-14-12(15-10)13-5-3-9-2-1-7-19-9/h1-2,4,6-7H,3,5,8H2,(H,16,17)(H,13,14,15).